The van der Waals surface area contributed by atoms with Gasteiger partial charge in [-0.25, -0.2) is 0 Å². The highest BCUT2D eigenvalue weighted by Crippen LogP contribution is 2.48. The molecule has 0 saturated heterocycles. The van der Waals surface area contributed by atoms with Gasteiger partial charge in [0.15, 0.2) is 8.32 Å². The number of hydrogen-bond donors (Lipinski definition) is 1. The summed E-state index contributed by atoms with van der Waals surface area (Å²) in [6.45, 7) is 11.7. The number of hydrogen-bond acceptors (Lipinski definition) is 3. The molecule has 2 aromatic carbocycles. The molecule has 3 atom stereocenters. The normalized spacial score (nSPS) is 19.7. The third kappa shape index (κ3) is 6.12. The van der Waals surface area contributed by atoms with E-state index in [2.05, 4.69) is 90.6 Å². The first kappa shape index (κ1) is 24.7. The van der Waals surface area contributed by atoms with E-state index in [0.717, 1.165) is 24.9 Å². The second-order valence-electron chi connectivity index (χ2n) is 9.71. The van der Waals surface area contributed by atoms with Crippen molar-refractivity contribution in [3.8, 4) is 5.75 Å². The quantitative estimate of drug-likeness (QED) is 0.248. The summed E-state index contributed by atoms with van der Waals surface area (Å²) < 4.78 is 15.0. The fourth-order valence-corrected chi connectivity index (χ4v) is 5.32. The number of rotatable bonds is 8. The number of carboxylic acids is 1. The Bertz CT molecular complexity index is 957. The molecule has 0 heterocycles. The molecular weight excluding hydrogens is 587 g/mol. The van der Waals surface area contributed by atoms with Gasteiger partial charge in [0.25, 0.3) is 0 Å². The van der Waals surface area contributed by atoms with E-state index in [1.54, 1.807) is 0 Å². The molecule has 3 unspecified atom stereocenters. The van der Waals surface area contributed by atoms with Crippen LogP contribution in [0.4, 0.5) is 0 Å². The summed E-state index contributed by atoms with van der Waals surface area (Å²) in [5, 5.41) is 9.34. The summed E-state index contributed by atoms with van der Waals surface area (Å²) in [5.41, 5.74) is 2.13. The topological polar surface area (TPSA) is 55.8 Å². The van der Waals surface area contributed by atoms with Gasteiger partial charge in [0, 0.05) is 4.47 Å². The minimum atomic E-state index is -1.93. The Balaban J connectivity index is 1.81. The molecule has 4 nitrogen and oxygen atoms in total. The molecule has 168 valence electrons. The zero-order chi connectivity index (χ0) is 23.0. The summed E-state index contributed by atoms with van der Waals surface area (Å²) in [4.78, 5) is 11.2. The van der Waals surface area contributed by atoms with Crippen LogP contribution in [0.5, 0.6) is 5.75 Å². The van der Waals surface area contributed by atoms with Crippen LogP contribution in [0.15, 0.2) is 46.9 Å². The van der Waals surface area contributed by atoms with Gasteiger partial charge in [0.1, 0.15) is 11.9 Å². The van der Waals surface area contributed by atoms with Gasteiger partial charge in [-0.2, -0.15) is 0 Å². The Labute approximate surface area is 208 Å². The lowest BCUT2D eigenvalue weighted by atomic mass is 10.1. The van der Waals surface area contributed by atoms with Crippen molar-refractivity contribution < 1.29 is 19.1 Å². The molecule has 1 saturated carbocycles. The minimum absolute atomic E-state index is 0.114. The third-order valence-electron chi connectivity index (χ3n) is 6.38. The lowest BCUT2D eigenvalue weighted by molar-refractivity contribution is -0.138. The molecule has 0 radical (unpaired) electrons. The van der Waals surface area contributed by atoms with E-state index in [1.807, 2.05) is 24.3 Å². The van der Waals surface area contributed by atoms with Crippen LogP contribution in [0.2, 0.25) is 18.1 Å². The zero-order valence-electron chi connectivity index (χ0n) is 18.6. The van der Waals surface area contributed by atoms with Crippen LogP contribution in [0.1, 0.15) is 50.3 Å². The summed E-state index contributed by atoms with van der Waals surface area (Å²) in [5.74, 6) is -0.0589. The van der Waals surface area contributed by atoms with Crippen LogP contribution in [-0.2, 0) is 9.22 Å². The van der Waals surface area contributed by atoms with Crippen LogP contribution in [0.25, 0.3) is 0 Å². The fraction of sp³-hybridized carbons (Fsp3) is 0.458. The Morgan fingerprint density at radius 2 is 1.97 bits per heavy atom. The summed E-state index contributed by atoms with van der Waals surface area (Å²) in [7, 11) is -1.93. The molecule has 0 amide bonds. The van der Waals surface area contributed by atoms with Crippen molar-refractivity contribution in [2.45, 2.75) is 57.3 Å². The van der Waals surface area contributed by atoms with E-state index in [-0.39, 0.29) is 23.0 Å². The molecule has 1 N–H and O–H groups in total. The van der Waals surface area contributed by atoms with E-state index < -0.39 is 14.3 Å². The van der Waals surface area contributed by atoms with Crippen molar-refractivity contribution in [3.63, 3.8) is 0 Å². The van der Waals surface area contributed by atoms with Crippen molar-refractivity contribution in [1.29, 1.82) is 0 Å². The number of carboxylic acid groups (broad SMARTS) is 1. The number of ether oxygens (including phenoxy) is 1. The van der Waals surface area contributed by atoms with Crippen molar-refractivity contribution >= 4 is 52.8 Å². The van der Waals surface area contributed by atoms with Gasteiger partial charge in [0.2, 0.25) is 0 Å². The number of halogens is 2. The van der Waals surface area contributed by atoms with Gasteiger partial charge in [-0.15, -0.1) is 0 Å². The van der Waals surface area contributed by atoms with Gasteiger partial charge < -0.3 is 14.3 Å². The fourth-order valence-electron chi connectivity index (χ4n) is 3.24. The lowest BCUT2D eigenvalue weighted by Crippen LogP contribution is -2.42. The van der Waals surface area contributed by atoms with Gasteiger partial charge in [0.05, 0.1) is 16.1 Å². The maximum Gasteiger partial charge on any atom is 0.307 e. The van der Waals surface area contributed by atoms with Crippen LogP contribution in [0, 0.1) is 9.49 Å². The van der Waals surface area contributed by atoms with E-state index >= 15 is 0 Å². The largest absolute Gasteiger partial charge is 0.482 e. The van der Waals surface area contributed by atoms with Crippen LogP contribution in [0.3, 0.4) is 0 Å². The number of carbonyl (C=O) groups is 1. The summed E-state index contributed by atoms with van der Waals surface area (Å²) in [6.07, 6.45) is 0.478. The van der Waals surface area contributed by atoms with Crippen molar-refractivity contribution in [2.75, 3.05) is 6.61 Å². The van der Waals surface area contributed by atoms with Gasteiger partial charge >= 0.3 is 5.97 Å². The first-order chi connectivity index (χ1) is 14.4. The third-order valence-corrected chi connectivity index (χ3v) is 12.2. The van der Waals surface area contributed by atoms with Crippen LogP contribution >= 0.6 is 38.5 Å². The average Bonchev–Trinajstić information content (AvgIpc) is 3.46. The Morgan fingerprint density at radius 3 is 2.52 bits per heavy atom. The molecule has 3 rings (SSSR count). The minimum Gasteiger partial charge on any atom is -0.482 e. The molecule has 7 heteroatoms. The highest BCUT2D eigenvalue weighted by Gasteiger charge is 2.44. The summed E-state index contributed by atoms with van der Waals surface area (Å²) >= 11 is 5.84. The Morgan fingerprint density at radius 1 is 1.26 bits per heavy atom. The molecular formula is C24H30BrIO4Si. The first-order valence-corrected chi connectivity index (χ1v) is 15.3. The highest BCUT2D eigenvalue weighted by molar-refractivity contribution is 14.1. The molecule has 31 heavy (non-hydrogen) atoms. The van der Waals surface area contributed by atoms with E-state index in [4.69, 9.17) is 9.16 Å². The molecule has 1 aliphatic carbocycles. The molecule has 0 aromatic heterocycles. The Kier molecular flexibility index (Phi) is 7.60. The smallest absolute Gasteiger partial charge is 0.307 e. The van der Waals surface area contributed by atoms with Gasteiger partial charge in [-0.3, -0.25) is 4.79 Å². The van der Waals surface area contributed by atoms with Crippen molar-refractivity contribution in [3.05, 3.63) is 61.6 Å². The second kappa shape index (κ2) is 9.53. The monoisotopic (exact) mass is 616 g/mol. The van der Waals surface area contributed by atoms with Gasteiger partial charge in [-0.1, -0.05) is 54.9 Å². The maximum absolute atomic E-state index is 11.2. The van der Waals surface area contributed by atoms with E-state index in [0.29, 0.717) is 13.0 Å². The van der Waals surface area contributed by atoms with E-state index in [1.165, 1.54) is 0 Å². The number of benzene rings is 2. The Hall–Kier alpha value is -0.903. The molecule has 1 aliphatic rings. The summed E-state index contributed by atoms with van der Waals surface area (Å²) in [6, 6.07) is 14.2. The predicted molar refractivity (Wildman–Crippen MR) is 138 cm³/mol. The van der Waals surface area contributed by atoms with Crippen molar-refractivity contribution in [1.82, 2.24) is 0 Å². The zero-order valence-corrected chi connectivity index (χ0v) is 23.4. The molecule has 2 aromatic rings. The second-order valence-corrected chi connectivity index (χ2v) is 16.6. The maximum atomic E-state index is 11.2. The predicted octanol–water partition coefficient (Wildman–Crippen LogP) is 7.38. The molecule has 0 aliphatic heterocycles. The van der Waals surface area contributed by atoms with Crippen LogP contribution in [-0.4, -0.2) is 26.0 Å². The molecule has 1 fully saturated rings. The lowest BCUT2D eigenvalue weighted by Gasteiger charge is -2.37. The SMILES string of the molecule is CC(C)(C)[Si](C)(C)OCC(Oc1ccc(C2CC2C(=O)O)cc1I)c1cccc(Br)c1. The van der Waals surface area contributed by atoms with Gasteiger partial charge in [-0.05, 0) is 88.5 Å². The average molecular weight is 617 g/mol. The van der Waals surface area contributed by atoms with Crippen molar-refractivity contribution in [2.24, 2.45) is 5.92 Å². The first-order valence-electron chi connectivity index (χ1n) is 10.5. The molecule has 0 bridgehead atoms. The standard InChI is InChI=1S/C24H30BrIO4Si/c1-24(2,3)31(4,5)29-14-22(16-7-6-8-17(25)11-16)30-21-10-9-15(12-20(21)26)18-13-19(18)23(27)28/h6-12,18-19,22H,13-14H2,1-5H3,(H,27,28). The van der Waals surface area contributed by atoms with E-state index in [9.17, 15) is 9.90 Å². The highest BCUT2D eigenvalue weighted by atomic mass is 127. The molecule has 0 spiro atoms. The van der Waals surface area contributed by atoms with Crippen LogP contribution < -0.4 is 4.74 Å². The number of aliphatic carboxylic acids is 1.